The lowest BCUT2D eigenvalue weighted by molar-refractivity contribution is 0.104. The van der Waals surface area contributed by atoms with Gasteiger partial charge in [0.05, 0.1) is 10.6 Å². The van der Waals surface area contributed by atoms with E-state index in [2.05, 4.69) is 5.32 Å². The molecule has 0 amide bonds. The summed E-state index contributed by atoms with van der Waals surface area (Å²) in [6, 6.07) is 20.4. The molecule has 4 aromatic rings. The number of rotatable bonds is 6. The highest BCUT2D eigenvalue weighted by Crippen LogP contribution is 2.44. The first-order valence-electron chi connectivity index (χ1n) is 10.1. The lowest BCUT2D eigenvalue weighted by Crippen LogP contribution is -2.09. The molecule has 0 atom stereocenters. The van der Waals surface area contributed by atoms with Crippen LogP contribution in [-0.2, 0) is 9.84 Å². The van der Waals surface area contributed by atoms with Gasteiger partial charge < -0.3 is 11.1 Å². The van der Waals surface area contributed by atoms with Crippen molar-refractivity contribution in [2.45, 2.75) is 23.6 Å². The number of anilines is 3. The Morgan fingerprint density at radius 2 is 1.64 bits per heavy atom. The van der Waals surface area contributed by atoms with Crippen molar-refractivity contribution < 1.29 is 13.2 Å². The summed E-state index contributed by atoms with van der Waals surface area (Å²) in [5.74, 6) is -0.313. The zero-order valence-electron chi connectivity index (χ0n) is 17.9. The minimum absolute atomic E-state index is 0.0637. The van der Waals surface area contributed by atoms with Crippen LogP contribution in [0.2, 0.25) is 5.02 Å². The maximum absolute atomic E-state index is 13.6. The number of sulfone groups is 1. The van der Waals surface area contributed by atoms with E-state index in [4.69, 9.17) is 17.3 Å². The van der Waals surface area contributed by atoms with Crippen LogP contribution < -0.4 is 11.1 Å². The van der Waals surface area contributed by atoms with Gasteiger partial charge in [-0.2, -0.15) is 0 Å². The van der Waals surface area contributed by atoms with E-state index >= 15 is 0 Å². The van der Waals surface area contributed by atoms with Crippen LogP contribution in [0.1, 0.15) is 26.4 Å². The Kier molecular flexibility index (Phi) is 6.30. The number of aryl methyl sites for hydroxylation is 2. The second-order valence-electron chi connectivity index (χ2n) is 7.60. The Balaban J connectivity index is 1.90. The van der Waals surface area contributed by atoms with E-state index < -0.39 is 9.84 Å². The fraction of sp³-hybridized carbons (Fsp3) is 0.0800. The minimum Gasteiger partial charge on any atom is -0.396 e. The normalized spacial score (nSPS) is 11.4. The first-order chi connectivity index (χ1) is 15.7. The highest BCUT2D eigenvalue weighted by molar-refractivity contribution is 7.92. The van der Waals surface area contributed by atoms with Crippen molar-refractivity contribution in [1.82, 2.24) is 0 Å². The Hall–Kier alpha value is -3.13. The predicted octanol–water partition coefficient (Wildman–Crippen LogP) is 6.41. The van der Waals surface area contributed by atoms with Gasteiger partial charge in [0.15, 0.2) is 0 Å². The topological polar surface area (TPSA) is 89.3 Å². The Labute approximate surface area is 201 Å². The first-order valence-corrected chi connectivity index (χ1v) is 12.7. The summed E-state index contributed by atoms with van der Waals surface area (Å²) in [6.07, 6.45) is 0. The molecule has 1 heterocycles. The number of nitrogen functional groups attached to an aromatic ring is 1. The highest BCUT2D eigenvalue weighted by Gasteiger charge is 2.32. The summed E-state index contributed by atoms with van der Waals surface area (Å²) in [5, 5.41) is 3.94. The number of nitrogens with two attached hydrogens (primary N) is 1. The number of ketones is 1. The molecule has 0 aliphatic carbocycles. The van der Waals surface area contributed by atoms with E-state index in [9.17, 15) is 13.2 Å². The summed E-state index contributed by atoms with van der Waals surface area (Å²) in [6.45, 7) is 3.73. The van der Waals surface area contributed by atoms with Crippen molar-refractivity contribution in [3.05, 3.63) is 99.4 Å². The second kappa shape index (κ2) is 9.02. The van der Waals surface area contributed by atoms with Crippen LogP contribution in [0.5, 0.6) is 0 Å². The maximum atomic E-state index is 13.6. The molecule has 0 spiro atoms. The van der Waals surface area contributed by atoms with E-state index in [0.717, 1.165) is 22.5 Å². The summed E-state index contributed by atoms with van der Waals surface area (Å²) in [5.41, 5.74) is 9.15. The molecule has 0 aliphatic rings. The van der Waals surface area contributed by atoms with Crippen LogP contribution in [0.3, 0.4) is 0 Å². The summed E-state index contributed by atoms with van der Waals surface area (Å²) in [4.78, 5) is 13.6. The van der Waals surface area contributed by atoms with Crippen molar-refractivity contribution in [1.29, 1.82) is 0 Å². The number of thiophene rings is 1. The van der Waals surface area contributed by atoms with E-state index in [1.165, 1.54) is 12.1 Å². The van der Waals surface area contributed by atoms with Gasteiger partial charge >= 0.3 is 0 Å². The summed E-state index contributed by atoms with van der Waals surface area (Å²) in [7, 11) is -4.00. The molecule has 8 heteroatoms. The Bertz CT molecular complexity index is 1450. The monoisotopic (exact) mass is 496 g/mol. The predicted molar refractivity (Wildman–Crippen MR) is 135 cm³/mol. The second-order valence-corrected chi connectivity index (χ2v) is 10.9. The van der Waals surface area contributed by atoms with Gasteiger partial charge in [-0.3, -0.25) is 4.79 Å². The maximum Gasteiger partial charge on any atom is 0.211 e. The van der Waals surface area contributed by atoms with Gasteiger partial charge in [0.2, 0.25) is 15.6 Å². The quantitative estimate of drug-likeness (QED) is 0.301. The number of benzene rings is 3. The smallest absolute Gasteiger partial charge is 0.211 e. The molecule has 0 saturated carbocycles. The third-order valence-corrected chi connectivity index (χ3v) is 8.52. The molecule has 5 nitrogen and oxygen atoms in total. The van der Waals surface area contributed by atoms with Crippen molar-refractivity contribution >= 4 is 54.9 Å². The molecule has 168 valence electrons. The highest BCUT2D eigenvalue weighted by atomic mass is 35.5. The van der Waals surface area contributed by atoms with Crippen LogP contribution in [0.4, 0.5) is 16.4 Å². The van der Waals surface area contributed by atoms with E-state index in [1.54, 1.807) is 48.5 Å². The van der Waals surface area contributed by atoms with E-state index in [1.807, 2.05) is 26.0 Å². The standard InChI is InChI=1S/C25H21ClN2O3S2/c1-15-8-9-16(2)20(14-15)22(29)23-21(27)24(33(30,31)19-6-4-3-5-7-19)25(32-23)28-18-12-10-17(26)11-13-18/h3-14,28H,27H2,1-2H3. The third-order valence-electron chi connectivity index (χ3n) is 5.17. The van der Waals surface area contributed by atoms with Crippen LogP contribution in [0, 0.1) is 13.8 Å². The minimum atomic E-state index is -4.00. The van der Waals surface area contributed by atoms with Crippen LogP contribution in [0.25, 0.3) is 0 Å². The molecular weight excluding hydrogens is 476 g/mol. The lowest BCUT2D eigenvalue weighted by Gasteiger charge is -2.10. The van der Waals surface area contributed by atoms with Crippen LogP contribution in [0.15, 0.2) is 82.6 Å². The van der Waals surface area contributed by atoms with E-state index in [0.29, 0.717) is 16.3 Å². The molecule has 3 N–H and O–H groups in total. The third kappa shape index (κ3) is 4.53. The largest absolute Gasteiger partial charge is 0.396 e. The number of carbonyl (C=O) groups excluding carboxylic acids is 1. The molecular formula is C25H21ClN2O3S2. The average Bonchev–Trinajstić information content (AvgIpc) is 3.13. The fourth-order valence-electron chi connectivity index (χ4n) is 3.43. The van der Waals surface area contributed by atoms with E-state index in [-0.39, 0.29) is 31.1 Å². The molecule has 1 aromatic heterocycles. The van der Waals surface area contributed by atoms with Gasteiger partial charge in [0.25, 0.3) is 0 Å². The molecule has 0 saturated heterocycles. The average molecular weight is 497 g/mol. The summed E-state index contributed by atoms with van der Waals surface area (Å²) >= 11 is 7.01. The van der Waals surface area contributed by atoms with Gasteiger partial charge in [0.1, 0.15) is 14.8 Å². The van der Waals surface area contributed by atoms with Crippen molar-refractivity contribution in [2.75, 3.05) is 11.1 Å². The zero-order valence-corrected chi connectivity index (χ0v) is 20.3. The van der Waals surface area contributed by atoms with Crippen LogP contribution in [-0.4, -0.2) is 14.2 Å². The molecule has 0 aliphatic heterocycles. The van der Waals surface area contributed by atoms with Crippen molar-refractivity contribution in [3.63, 3.8) is 0 Å². The summed E-state index contributed by atoms with van der Waals surface area (Å²) < 4.78 is 27.1. The molecule has 33 heavy (non-hydrogen) atoms. The Morgan fingerprint density at radius 1 is 0.970 bits per heavy atom. The first kappa shape index (κ1) is 23.0. The number of nitrogens with one attached hydrogen (secondary N) is 1. The number of hydrogen-bond donors (Lipinski definition) is 2. The van der Waals surface area contributed by atoms with Gasteiger partial charge in [-0.15, -0.1) is 11.3 Å². The molecule has 0 fully saturated rings. The molecule has 0 radical (unpaired) electrons. The SMILES string of the molecule is Cc1ccc(C)c(C(=O)c2sc(Nc3ccc(Cl)cc3)c(S(=O)(=O)c3ccccc3)c2N)c1. The molecule has 4 rings (SSSR count). The van der Waals surface area contributed by atoms with Crippen molar-refractivity contribution in [2.24, 2.45) is 0 Å². The van der Waals surface area contributed by atoms with Gasteiger partial charge in [-0.25, -0.2) is 8.42 Å². The lowest BCUT2D eigenvalue weighted by atomic mass is 10.0. The van der Waals surface area contributed by atoms with Gasteiger partial charge in [-0.1, -0.05) is 47.5 Å². The van der Waals surface area contributed by atoms with Crippen molar-refractivity contribution in [3.8, 4) is 0 Å². The Morgan fingerprint density at radius 3 is 2.30 bits per heavy atom. The molecule has 0 unspecified atom stereocenters. The zero-order chi connectivity index (χ0) is 23.8. The number of hydrogen-bond acceptors (Lipinski definition) is 6. The van der Waals surface area contributed by atoms with Gasteiger partial charge in [-0.05, 0) is 61.9 Å². The van der Waals surface area contributed by atoms with Gasteiger partial charge in [0, 0.05) is 16.3 Å². The number of carbonyl (C=O) groups is 1. The van der Waals surface area contributed by atoms with Crippen LogP contribution >= 0.6 is 22.9 Å². The fourth-order valence-corrected chi connectivity index (χ4v) is 6.50. The number of halogens is 1. The molecule has 0 bridgehead atoms. The molecule has 3 aromatic carbocycles.